The van der Waals surface area contributed by atoms with E-state index in [9.17, 15) is 41.1 Å². The van der Waals surface area contributed by atoms with Gasteiger partial charge in [-0.05, 0) is 35.4 Å². The van der Waals surface area contributed by atoms with Gasteiger partial charge in [-0.1, -0.05) is 12.1 Å². The van der Waals surface area contributed by atoms with E-state index in [0.717, 1.165) is 12.1 Å². The molecule has 6 nitrogen and oxygen atoms in total. The van der Waals surface area contributed by atoms with Crippen LogP contribution in [0.1, 0.15) is 59.5 Å². The van der Waals surface area contributed by atoms with Gasteiger partial charge in [-0.3, -0.25) is 0 Å². The van der Waals surface area contributed by atoms with E-state index in [1.807, 2.05) is 0 Å². The Morgan fingerprint density at radius 1 is 0.613 bits per heavy atom. The van der Waals surface area contributed by atoms with Crippen molar-refractivity contribution in [3.05, 3.63) is 69.8 Å². The van der Waals surface area contributed by atoms with Crippen LogP contribution in [0.4, 0.5) is 22.0 Å². The minimum Gasteiger partial charge on any atom is -0.386 e. The van der Waals surface area contributed by atoms with E-state index in [1.54, 1.807) is 0 Å². The highest BCUT2D eigenvalue weighted by atomic mass is 19.4. The van der Waals surface area contributed by atoms with Gasteiger partial charge >= 0.3 is 30.1 Å². The van der Waals surface area contributed by atoms with Crippen molar-refractivity contribution in [2.24, 2.45) is 0 Å². The number of benzene rings is 2. The van der Waals surface area contributed by atoms with Gasteiger partial charge in [-0.25, -0.2) is 28.0 Å². The molecule has 0 amide bonds. The zero-order valence-corrected chi connectivity index (χ0v) is 15.3. The summed E-state index contributed by atoms with van der Waals surface area (Å²) in [6, 6.07) is 3.89. The molecule has 0 aliphatic carbocycles. The number of ether oxygens (including phenoxy) is 2. The fourth-order valence-electron chi connectivity index (χ4n) is 3.89. The van der Waals surface area contributed by atoms with Gasteiger partial charge in [-0.2, -0.15) is 13.2 Å². The molecule has 4 rings (SSSR count). The summed E-state index contributed by atoms with van der Waals surface area (Å²) in [5, 5.41) is 0. The Morgan fingerprint density at radius 3 is 1.29 bits per heavy atom. The molecule has 0 fully saturated rings. The third kappa shape index (κ3) is 2.69. The smallest absolute Gasteiger partial charge is 0.386 e. The van der Waals surface area contributed by atoms with E-state index >= 15 is 0 Å². The first kappa shape index (κ1) is 20.6. The number of alkyl halides is 5. The molecule has 11 heteroatoms. The third-order valence-corrected chi connectivity index (χ3v) is 5.24. The Bertz CT molecular complexity index is 1100. The molecule has 160 valence electrons. The predicted molar refractivity (Wildman–Crippen MR) is 89.8 cm³/mol. The Kier molecular flexibility index (Phi) is 4.12. The Labute approximate surface area is 169 Å². The van der Waals surface area contributed by atoms with E-state index in [4.69, 9.17) is 0 Å². The van der Waals surface area contributed by atoms with Crippen LogP contribution in [0.2, 0.25) is 0 Å². The number of halogens is 5. The lowest BCUT2D eigenvalue weighted by molar-refractivity contribution is -0.239. The number of hydrogen-bond acceptors (Lipinski definition) is 6. The van der Waals surface area contributed by atoms with Crippen LogP contribution in [0, 0.1) is 0 Å². The quantitative estimate of drug-likeness (QED) is 0.410. The molecule has 0 unspecified atom stereocenters. The summed E-state index contributed by atoms with van der Waals surface area (Å²) < 4.78 is 81.7. The molecule has 0 radical (unpaired) electrons. The van der Waals surface area contributed by atoms with Gasteiger partial charge in [0.15, 0.2) is 5.41 Å². The fraction of sp³-hybridized carbons (Fsp3) is 0.200. The van der Waals surface area contributed by atoms with Gasteiger partial charge in [0, 0.05) is 6.92 Å². The van der Waals surface area contributed by atoms with E-state index in [0.29, 0.717) is 24.3 Å². The van der Waals surface area contributed by atoms with Gasteiger partial charge in [0.2, 0.25) is 0 Å². The fourth-order valence-corrected chi connectivity index (χ4v) is 3.89. The monoisotopic (exact) mass is 440 g/mol. The third-order valence-electron chi connectivity index (χ3n) is 5.24. The van der Waals surface area contributed by atoms with Crippen molar-refractivity contribution < 1.29 is 50.6 Å². The highest BCUT2D eigenvalue weighted by Gasteiger charge is 2.69. The maximum absolute atomic E-state index is 14.9. The van der Waals surface area contributed by atoms with Gasteiger partial charge in [0.25, 0.3) is 5.92 Å². The minimum atomic E-state index is -5.65. The summed E-state index contributed by atoms with van der Waals surface area (Å²) in [6.45, 7) is 0.0356. The topological polar surface area (TPSA) is 86.7 Å². The van der Waals surface area contributed by atoms with Gasteiger partial charge in [-0.15, -0.1) is 0 Å². The second kappa shape index (κ2) is 6.19. The molecule has 2 aliphatic rings. The van der Waals surface area contributed by atoms with Crippen LogP contribution in [0.5, 0.6) is 0 Å². The number of carbonyl (C=O) groups excluding carboxylic acids is 4. The zero-order chi connectivity index (χ0) is 22.9. The SMILES string of the molecule is CC(F)(F)C(c1ccc2c(c1)C(=O)OC2=O)(c1ccc2c(c1)C(=O)OC2=O)C(F)(F)F. The zero-order valence-electron chi connectivity index (χ0n) is 15.3. The average molecular weight is 440 g/mol. The molecule has 2 heterocycles. The summed E-state index contributed by atoms with van der Waals surface area (Å²) in [4.78, 5) is 46.8. The maximum atomic E-state index is 14.9. The molecule has 0 bridgehead atoms. The van der Waals surface area contributed by atoms with Crippen LogP contribution < -0.4 is 0 Å². The van der Waals surface area contributed by atoms with Crippen LogP contribution in [0.3, 0.4) is 0 Å². The van der Waals surface area contributed by atoms with Crippen LogP contribution >= 0.6 is 0 Å². The van der Waals surface area contributed by atoms with Crippen molar-refractivity contribution >= 4 is 23.9 Å². The number of cyclic esters (lactones) is 4. The van der Waals surface area contributed by atoms with E-state index in [2.05, 4.69) is 9.47 Å². The Balaban J connectivity index is 2.06. The van der Waals surface area contributed by atoms with Crippen molar-refractivity contribution in [1.29, 1.82) is 0 Å². The van der Waals surface area contributed by atoms with Crippen molar-refractivity contribution in [2.45, 2.75) is 24.4 Å². The van der Waals surface area contributed by atoms with E-state index in [1.165, 1.54) is 0 Å². The van der Waals surface area contributed by atoms with Crippen molar-refractivity contribution in [1.82, 2.24) is 0 Å². The van der Waals surface area contributed by atoms with Gasteiger partial charge in [0.05, 0.1) is 22.3 Å². The van der Waals surface area contributed by atoms with E-state index in [-0.39, 0.29) is 18.1 Å². The molecule has 0 saturated carbocycles. The number of esters is 4. The lowest BCUT2D eigenvalue weighted by atomic mass is 9.68. The molecule has 0 atom stereocenters. The predicted octanol–water partition coefficient (Wildman–Crippen LogP) is 3.81. The number of hydrogen-bond donors (Lipinski definition) is 0. The maximum Gasteiger partial charge on any atom is 0.408 e. The molecule has 0 saturated heterocycles. The number of carbonyl (C=O) groups is 4. The number of rotatable bonds is 3. The molecule has 31 heavy (non-hydrogen) atoms. The molecule has 2 aromatic carbocycles. The number of fused-ring (bicyclic) bond motifs is 2. The lowest BCUT2D eigenvalue weighted by Crippen LogP contribution is -2.55. The minimum absolute atomic E-state index is 0.0356. The molecule has 0 N–H and O–H groups in total. The second-order valence-corrected chi connectivity index (χ2v) is 7.01. The highest BCUT2D eigenvalue weighted by Crippen LogP contribution is 2.56. The van der Waals surface area contributed by atoms with Gasteiger partial charge in [0.1, 0.15) is 0 Å². The molecule has 0 spiro atoms. The first-order valence-electron chi connectivity index (χ1n) is 8.55. The average Bonchev–Trinajstić information content (AvgIpc) is 3.09. The first-order chi connectivity index (χ1) is 14.3. The van der Waals surface area contributed by atoms with Crippen molar-refractivity contribution in [3.8, 4) is 0 Å². The van der Waals surface area contributed by atoms with Gasteiger partial charge < -0.3 is 9.47 Å². The Hall–Kier alpha value is -3.63. The Morgan fingerprint density at radius 2 is 0.968 bits per heavy atom. The van der Waals surface area contributed by atoms with Crippen LogP contribution in [0.25, 0.3) is 0 Å². The van der Waals surface area contributed by atoms with Crippen molar-refractivity contribution in [3.63, 3.8) is 0 Å². The van der Waals surface area contributed by atoms with E-state index < -0.39 is 63.6 Å². The second-order valence-electron chi connectivity index (χ2n) is 7.01. The van der Waals surface area contributed by atoms with Crippen LogP contribution in [-0.4, -0.2) is 36.0 Å². The standard InChI is InChI=1S/C20H9F5O6/c1-18(21,22)19(20(23,24)25,8-2-4-10-12(6-8)16(28)30-14(10)26)9-3-5-11-13(7-9)17(29)31-15(11)27/h2-7H,1H3. The first-order valence-corrected chi connectivity index (χ1v) is 8.55. The van der Waals surface area contributed by atoms with Crippen LogP contribution in [-0.2, 0) is 14.9 Å². The summed E-state index contributed by atoms with van der Waals surface area (Å²) in [5.74, 6) is -9.31. The summed E-state index contributed by atoms with van der Waals surface area (Å²) in [5.41, 5.74) is -8.10. The largest absolute Gasteiger partial charge is 0.408 e. The summed E-state index contributed by atoms with van der Waals surface area (Å²) in [7, 11) is 0. The molecule has 0 aromatic heterocycles. The summed E-state index contributed by atoms with van der Waals surface area (Å²) >= 11 is 0. The highest BCUT2D eigenvalue weighted by molar-refractivity contribution is 6.15. The molecular formula is C20H9F5O6. The molecule has 2 aliphatic heterocycles. The normalized spacial score (nSPS) is 16.2. The van der Waals surface area contributed by atoms with Crippen molar-refractivity contribution in [2.75, 3.05) is 0 Å². The van der Waals surface area contributed by atoms with Crippen LogP contribution in [0.15, 0.2) is 36.4 Å². The molecular weight excluding hydrogens is 431 g/mol. The lowest BCUT2D eigenvalue weighted by Gasteiger charge is -2.41. The molecule has 2 aromatic rings. The summed E-state index contributed by atoms with van der Waals surface area (Å²) in [6.07, 6.45) is -5.65.